The van der Waals surface area contributed by atoms with Crippen molar-refractivity contribution in [3.8, 4) is 0 Å². The quantitative estimate of drug-likeness (QED) is 0.820. The van der Waals surface area contributed by atoms with Crippen LogP contribution in [0.2, 0.25) is 0 Å². The molecular formula is C18H32N2O2. The molecule has 4 unspecified atom stereocenters. The molecule has 0 spiro atoms. The fourth-order valence-electron chi connectivity index (χ4n) is 4.65. The highest BCUT2D eigenvalue weighted by molar-refractivity contribution is 5.70. The van der Waals surface area contributed by atoms with E-state index in [0.29, 0.717) is 12.1 Å². The van der Waals surface area contributed by atoms with Crippen molar-refractivity contribution in [2.75, 3.05) is 19.6 Å². The summed E-state index contributed by atoms with van der Waals surface area (Å²) in [6.45, 7) is 5.20. The molecule has 1 saturated heterocycles. The van der Waals surface area contributed by atoms with Gasteiger partial charge in [-0.1, -0.05) is 26.2 Å². The van der Waals surface area contributed by atoms with Crippen molar-refractivity contribution in [3.05, 3.63) is 0 Å². The van der Waals surface area contributed by atoms with Crippen LogP contribution in [0.1, 0.15) is 58.3 Å². The first kappa shape index (κ1) is 16.3. The molecule has 1 heterocycles. The first-order valence-corrected chi connectivity index (χ1v) is 9.33. The van der Waals surface area contributed by atoms with Crippen LogP contribution in [0.3, 0.4) is 0 Å². The molecule has 4 nitrogen and oxygen atoms in total. The Morgan fingerprint density at radius 1 is 1.14 bits per heavy atom. The number of likely N-dealkylation sites (tertiary alicyclic amines) is 1. The first-order valence-electron chi connectivity index (χ1n) is 9.33. The van der Waals surface area contributed by atoms with E-state index >= 15 is 0 Å². The SMILES string of the molecule is CC1CCC1N1CC(NCC2CCCCC2)CC(C(=O)O)C1. The fraction of sp³-hybridized carbons (Fsp3) is 0.944. The summed E-state index contributed by atoms with van der Waals surface area (Å²) in [7, 11) is 0. The van der Waals surface area contributed by atoms with Gasteiger partial charge in [0.05, 0.1) is 5.92 Å². The third-order valence-corrected chi connectivity index (χ3v) is 6.29. The van der Waals surface area contributed by atoms with Gasteiger partial charge in [0.15, 0.2) is 0 Å². The van der Waals surface area contributed by atoms with Crippen LogP contribution in [0.25, 0.3) is 0 Å². The lowest BCUT2D eigenvalue weighted by molar-refractivity contribution is -0.145. The predicted octanol–water partition coefficient (Wildman–Crippen LogP) is 2.73. The standard InChI is InChI=1S/C18H32N2O2/c1-13-7-8-17(13)20-11-15(18(21)22)9-16(12-20)19-10-14-5-3-2-4-6-14/h13-17,19H,2-12H2,1H3,(H,21,22). The van der Waals surface area contributed by atoms with E-state index in [0.717, 1.165) is 37.9 Å². The minimum absolute atomic E-state index is 0.189. The second-order valence-corrected chi connectivity index (χ2v) is 7.96. The molecule has 2 saturated carbocycles. The predicted molar refractivity (Wildman–Crippen MR) is 87.9 cm³/mol. The molecule has 1 aliphatic heterocycles. The zero-order chi connectivity index (χ0) is 15.5. The number of rotatable bonds is 5. The summed E-state index contributed by atoms with van der Waals surface area (Å²) in [5.41, 5.74) is 0. The van der Waals surface area contributed by atoms with E-state index in [1.54, 1.807) is 0 Å². The van der Waals surface area contributed by atoms with E-state index in [1.807, 2.05) is 0 Å². The van der Waals surface area contributed by atoms with Crippen LogP contribution in [0.4, 0.5) is 0 Å². The molecule has 3 rings (SSSR count). The number of nitrogens with one attached hydrogen (secondary N) is 1. The Labute approximate surface area is 134 Å². The maximum Gasteiger partial charge on any atom is 0.307 e. The Morgan fingerprint density at radius 2 is 1.91 bits per heavy atom. The lowest BCUT2D eigenvalue weighted by Crippen LogP contribution is -2.58. The summed E-state index contributed by atoms with van der Waals surface area (Å²) < 4.78 is 0. The zero-order valence-electron chi connectivity index (χ0n) is 14.0. The Balaban J connectivity index is 1.53. The molecular weight excluding hydrogens is 276 g/mol. The van der Waals surface area contributed by atoms with Gasteiger partial charge < -0.3 is 10.4 Å². The van der Waals surface area contributed by atoms with Crippen LogP contribution in [0.15, 0.2) is 0 Å². The Kier molecular flexibility index (Phi) is 5.40. The largest absolute Gasteiger partial charge is 0.481 e. The highest BCUT2D eigenvalue weighted by Crippen LogP contribution is 2.34. The molecule has 0 aromatic rings. The molecule has 0 aromatic heterocycles. The lowest BCUT2D eigenvalue weighted by Gasteiger charge is -2.48. The first-order chi connectivity index (χ1) is 10.6. The summed E-state index contributed by atoms with van der Waals surface area (Å²) in [5, 5.41) is 13.2. The number of hydrogen-bond acceptors (Lipinski definition) is 3. The summed E-state index contributed by atoms with van der Waals surface area (Å²) in [5.74, 6) is 0.758. The fourth-order valence-corrected chi connectivity index (χ4v) is 4.65. The van der Waals surface area contributed by atoms with Crippen LogP contribution in [0, 0.1) is 17.8 Å². The van der Waals surface area contributed by atoms with E-state index in [-0.39, 0.29) is 5.92 Å². The van der Waals surface area contributed by atoms with E-state index in [1.165, 1.54) is 44.9 Å². The molecule has 22 heavy (non-hydrogen) atoms. The van der Waals surface area contributed by atoms with Crippen molar-refractivity contribution in [1.29, 1.82) is 0 Å². The lowest BCUT2D eigenvalue weighted by atomic mass is 9.78. The van der Waals surface area contributed by atoms with Gasteiger partial charge in [0, 0.05) is 25.2 Å². The summed E-state index contributed by atoms with van der Waals surface area (Å²) in [6, 6.07) is 0.991. The molecule has 126 valence electrons. The Hall–Kier alpha value is -0.610. The smallest absolute Gasteiger partial charge is 0.307 e. The average Bonchev–Trinajstić information content (AvgIpc) is 2.52. The molecule has 4 heteroatoms. The summed E-state index contributed by atoms with van der Waals surface area (Å²) in [4.78, 5) is 14.0. The topological polar surface area (TPSA) is 52.6 Å². The number of piperidine rings is 1. The molecule has 4 atom stereocenters. The van der Waals surface area contributed by atoms with Gasteiger partial charge in [0.2, 0.25) is 0 Å². The zero-order valence-corrected chi connectivity index (χ0v) is 14.0. The molecule has 3 aliphatic rings. The van der Waals surface area contributed by atoms with Gasteiger partial charge in [-0.05, 0) is 50.5 Å². The van der Waals surface area contributed by atoms with Crippen LogP contribution >= 0.6 is 0 Å². The molecule has 0 aromatic carbocycles. The van der Waals surface area contributed by atoms with Crippen molar-refractivity contribution in [1.82, 2.24) is 10.2 Å². The number of hydrogen-bond donors (Lipinski definition) is 2. The van der Waals surface area contributed by atoms with Gasteiger partial charge in [-0.3, -0.25) is 9.69 Å². The molecule has 0 amide bonds. The third kappa shape index (κ3) is 3.83. The molecule has 2 aliphatic carbocycles. The second-order valence-electron chi connectivity index (χ2n) is 7.96. The van der Waals surface area contributed by atoms with Crippen LogP contribution in [0.5, 0.6) is 0 Å². The van der Waals surface area contributed by atoms with Crippen molar-refractivity contribution >= 4 is 5.97 Å². The normalized spacial score (nSPS) is 37.7. The molecule has 0 radical (unpaired) electrons. The highest BCUT2D eigenvalue weighted by Gasteiger charge is 2.39. The maximum absolute atomic E-state index is 11.5. The monoisotopic (exact) mass is 308 g/mol. The number of carboxylic acids is 1. The van der Waals surface area contributed by atoms with Gasteiger partial charge in [-0.15, -0.1) is 0 Å². The Morgan fingerprint density at radius 3 is 2.50 bits per heavy atom. The van der Waals surface area contributed by atoms with E-state index in [9.17, 15) is 9.90 Å². The van der Waals surface area contributed by atoms with Gasteiger partial charge >= 0.3 is 5.97 Å². The van der Waals surface area contributed by atoms with E-state index < -0.39 is 5.97 Å². The minimum atomic E-state index is -0.610. The van der Waals surface area contributed by atoms with Gasteiger partial charge in [0.25, 0.3) is 0 Å². The van der Waals surface area contributed by atoms with Crippen molar-refractivity contribution < 1.29 is 9.90 Å². The Bertz CT molecular complexity index is 381. The number of aliphatic carboxylic acids is 1. The maximum atomic E-state index is 11.5. The number of nitrogens with zero attached hydrogens (tertiary/aromatic N) is 1. The highest BCUT2D eigenvalue weighted by atomic mass is 16.4. The average molecular weight is 308 g/mol. The minimum Gasteiger partial charge on any atom is -0.481 e. The molecule has 3 fully saturated rings. The summed E-state index contributed by atoms with van der Waals surface area (Å²) in [6.07, 6.45) is 10.2. The van der Waals surface area contributed by atoms with Gasteiger partial charge in [-0.25, -0.2) is 0 Å². The second kappa shape index (κ2) is 7.31. The number of carboxylic acid groups (broad SMARTS) is 1. The van der Waals surface area contributed by atoms with Crippen LogP contribution in [-0.2, 0) is 4.79 Å². The van der Waals surface area contributed by atoms with E-state index in [2.05, 4.69) is 17.1 Å². The molecule has 0 bridgehead atoms. The summed E-state index contributed by atoms with van der Waals surface area (Å²) >= 11 is 0. The number of carbonyl (C=O) groups is 1. The molecule has 2 N–H and O–H groups in total. The van der Waals surface area contributed by atoms with Crippen molar-refractivity contribution in [2.24, 2.45) is 17.8 Å². The van der Waals surface area contributed by atoms with Gasteiger partial charge in [0.1, 0.15) is 0 Å². The van der Waals surface area contributed by atoms with E-state index in [4.69, 9.17) is 0 Å². The van der Waals surface area contributed by atoms with Crippen LogP contribution in [-0.4, -0.2) is 47.7 Å². The van der Waals surface area contributed by atoms with Crippen molar-refractivity contribution in [3.63, 3.8) is 0 Å². The van der Waals surface area contributed by atoms with Crippen LogP contribution < -0.4 is 5.32 Å². The van der Waals surface area contributed by atoms with Gasteiger partial charge in [-0.2, -0.15) is 0 Å². The van der Waals surface area contributed by atoms with Crippen molar-refractivity contribution in [2.45, 2.75) is 70.4 Å². The third-order valence-electron chi connectivity index (χ3n) is 6.29.